The van der Waals surface area contributed by atoms with Gasteiger partial charge in [0.25, 0.3) is 0 Å². The standard InChI is InChI=1S/C18H11ClFN3O/c1-10-15-7-12(16(20)8-17(15)23-22-10)6-13(9-21)18(24)11-2-4-14(19)5-3-11/h2-8H,1H3,(H,22,23). The molecule has 3 aromatic rings. The first-order valence-electron chi connectivity index (χ1n) is 7.06. The predicted molar refractivity (Wildman–Crippen MR) is 90.2 cm³/mol. The predicted octanol–water partition coefficient (Wildman–Crippen LogP) is 4.45. The quantitative estimate of drug-likeness (QED) is 0.435. The number of fused-ring (bicyclic) bond motifs is 1. The number of carbonyl (C=O) groups is 1. The Bertz CT molecular complexity index is 1010. The summed E-state index contributed by atoms with van der Waals surface area (Å²) in [6.07, 6.45) is 1.25. The number of halogens is 2. The van der Waals surface area contributed by atoms with Gasteiger partial charge >= 0.3 is 0 Å². The molecule has 24 heavy (non-hydrogen) atoms. The van der Waals surface area contributed by atoms with Crippen LogP contribution < -0.4 is 0 Å². The number of nitrogens with zero attached hydrogens (tertiary/aromatic N) is 2. The van der Waals surface area contributed by atoms with Crippen LogP contribution in [0.2, 0.25) is 5.02 Å². The van der Waals surface area contributed by atoms with E-state index in [1.54, 1.807) is 25.1 Å². The van der Waals surface area contributed by atoms with Crippen molar-refractivity contribution < 1.29 is 9.18 Å². The smallest absolute Gasteiger partial charge is 0.203 e. The number of nitrogens with one attached hydrogen (secondary N) is 1. The zero-order valence-electron chi connectivity index (χ0n) is 12.6. The second-order valence-electron chi connectivity index (χ2n) is 5.23. The number of hydrogen-bond donors (Lipinski definition) is 1. The second-order valence-corrected chi connectivity index (χ2v) is 5.67. The van der Waals surface area contributed by atoms with E-state index in [0.717, 1.165) is 5.39 Å². The van der Waals surface area contributed by atoms with Crippen LogP contribution in [0.25, 0.3) is 17.0 Å². The molecule has 0 aliphatic rings. The van der Waals surface area contributed by atoms with E-state index in [1.807, 2.05) is 6.07 Å². The van der Waals surface area contributed by atoms with Gasteiger partial charge in [-0.25, -0.2) is 4.39 Å². The minimum Gasteiger partial charge on any atom is -0.288 e. The first kappa shape index (κ1) is 15.9. The number of Topliss-reactive ketones (excluding diaryl/α,β-unsaturated/α-hetero) is 1. The average Bonchev–Trinajstić information content (AvgIpc) is 2.93. The van der Waals surface area contributed by atoms with E-state index in [1.165, 1.54) is 24.3 Å². The number of hydrogen-bond acceptors (Lipinski definition) is 3. The average molecular weight is 340 g/mol. The molecule has 118 valence electrons. The van der Waals surface area contributed by atoms with Crippen molar-refractivity contribution in [1.82, 2.24) is 10.2 Å². The molecular formula is C18H11ClFN3O. The van der Waals surface area contributed by atoms with Crippen LogP contribution in [0.15, 0.2) is 42.0 Å². The monoisotopic (exact) mass is 339 g/mol. The molecule has 2 aromatic carbocycles. The van der Waals surface area contributed by atoms with Gasteiger partial charge in [0.1, 0.15) is 17.5 Å². The van der Waals surface area contributed by atoms with Crippen molar-refractivity contribution in [3.8, 4) is 6.07 Å². The zero-order valence-corrected chi connectivity index (χ0v) is 13.4. The van der Waals surface area contributed by atoms with Gasteiger partial charge in [0, 0.05) is 27.6 Å². The SMILES string of the molecule is Cc1n[nH]c2cc(F)c(C=C(C#N)C(=O)c3ccc(Cl)cc3)cc12. The summed E-state index contributed by atoms with van der Waals surface area (Å²) in [7, 11) is 0. The number of nitriles is 1. The summed E-state index contributed by atoms with van der Waals surface area (Å²) in [6, 6.07) is 10.9. The highest BCUT2D eigenvalue weighted by atomic mass is 35.5. The van der Waals surface area contributed by atoms with E-state index in [0.29, 0.717) is 21.8 Å². The highest BCUT2D eigenvalue weighted by Gasteiger charge is 2.14. The van der Waals surface area contributed by atoms with Crippen LogP contribution >= 0.6 is 11.6 Å². The molecule has 6 heteroatoms. The Labute approximate surface area is 142 Å². The maximum atomic E-state index is 14.2. The highest BCUT2D eigenvalue weighted by molar-refractivity contribution is 6.30. The lowest BCUT2D eigenvalue weighted by Crippen LogP contribution is -2.02. The number of benzene rings is 2. The Morgan fingerprint density at radius 1 is 1.33 bits per heavy atom. The van der Waals surface area contributed by atoms with Gasteiger partial charge in [-0.2, -0.15) is 10.4 Å². The maximum absolute atomic E-state index is 14.2. The molecule has 1 heterocycles. The summed E-state index contributed by atoms with van der Waals surface area (Å²) in [5.41, 5.74) is 1.59. The first-order chi connectivity index (χ1) is 11.5. The number of rotatable bonds is 3. The van der Waals surface area contributed by atoms with Crippen molar-refractivity contribution in [2.24, 2.45) is 0 Å². The van der Waals surface area contributed by atoms with Crippen molar-refractivity contribution >= 4 is 34.4 Å². The fourth-order valence-electron chi connectivity index (χ4n) is 2.36. The van der Waals surface area contributed by atoms with E-state index in [-0.39, 0.29) is 11.1 Å². The van der Waals surface area contributed by atoms with Gasteiger partial charge in [-0.3, -0.25) is 9.89 Å². The summed E-state index contributed by atoms with van der Waals surface area (Å²) in [4.78, 5) is 12.4. The van der Waals surface area contributed by atoms with E-state index in [9.17, 15) is 14.4 Å². The topological polar surface area (TPSA) is 69.5 Å². The Morgan fingerprint density at radius 3 is 2.71 bits per heavy atom. The minimum absolute atomic E-state index is 0.156. The highest BCUT2D eigenvalue weighted by Crippen LogP contribution is 2.23. The van der Waals surface area contributed by atoms with E-state index in [2.05, 4.69) is 10.2 Å². The van der Waals surface area contributed by atoms with Crippen molar-refractivity contribution in [2.75, 3.05) is 0 Å². The van der Waals surface area contributed by atoms with Crippen LogP contribution in [0.3, 0.4) is 0 Å². The third kappa shape index (κ3) is 2.92. The van der Waals surface area contributed by atoms with Gasteiger partial charge in [0.15, 0.2) is 0 Å². The van der Waals surface area contributed by atoms with Gasteiger partial charge < -0.3 is 0 Å². The molecule has 0 amide bonds. The van der Waals surface area contributed by atoms with Gasteiger partial charge in [-0.1, -0.05) is 11.6 Å². The summed E-state index contributed by atoms with van der Waals surface area (Å²) in [5.74, 6) is -1.03. The second kappa shape index (κ2) is 6.26. The molecule has 1 N–H and O–H groups in total. The number of aryl methyl sites for hydroxylation is 1. The Kier molecular flexibility index (Phi) is 4.15. The summed E-state index contributed by atoms with van der Waals surface area (Å²) in [5, 5.41) is 17.2. The van der Waals surface area contributed by atoms with Crippen LogP contribution in [-0.2, 0) is 0 Å². The number of ketones is 1. The number of H-pyrrole nitrogens is 1. The fourth-order valence-corrected chi connectivity index (χ4v) is 2.48. The number of allylic oxidation sites excluding steroid dienone is 1. The zero-order chi connectivity index (χ0) is 17.3. The lowest BCUT2D eigenvalue weighted by Gasteiger charge is -2.02. The molecule has 0 spiro atoms. The Hall–Kier alpha value is -2.97. The first-order valence-corrected chi connectivity index (χ1v) is 7.43. The van der Waals surface area contributed by atoms with E-state index in [4.69, 9.17) is 11.6 Å². The molecule has 0 radical (unpaired) electrons. The molecule has 0 aliphatic heterocycles. The van der Waals surface area contributed by atoms with Gasteiger partial charge in [-0.15, -0.1) is 0 Å². The molecule has 0 saturated heterocycles. The van der Waals surface area contributed by atoms with Gasteiger partial charge in [0.2, 0.25) is 5.78 Å². The lowest BCUT2D eigenvalue weighted by atomic mass is 10.0. The van der Waals surface area contributed by atoms with Gasteiger partial charge in [-0.05, 0) is 43.3 Å². The Morgan fingerprint density at radius 2 is 2.04 bits per heavy atom. The molecule has 0 fully saturated rings. The third-order valence-electron chi connectivity index (χ3n) is 3.64. The van der Waals surface area contributed by atoms with Crippen molar-refractivity contribution in [3.05, 3.63) is 69.6 Å². The summed E-state index contributed by atoms with van der Waals surface area (Å²) in [6.45, 7) is 1.79. The molecule has 0 aliphatic carbocycles. The normalized spacial score (nSPS) is 11.5. The molecule has 0 atom stereocenters. The third-order valence-corrected chi connectivity index (χ3v) is 3.89. The van der Waals surface area contributed by atoms with Crippen LogP contribution in [0, 0.1) is 24.1 Å². The van der Waals surface area contributed by atoms with Crippen molar-refractivity contribution in [1.29, 1.82) is 5.26 Å². The van der Waals surface area contributed by atoms with Gasteiger partial charge in [0.05, 0.1) is 11.2 Å². The van der Waals surface area contributed by atoms with Crippen molar-refractivity contribution in [2.45, 2.75) is 6.92 Å². The summed E-state index contributed by atoms with van der Waals surface area (Å²) < 4.78 is 14.2. The number of carbonyl (C=O) groups excluding carboxylic acids is 1. The minimum atomic E-state index is -0.539. The van der Waals surface area contributed by atoms with Crippen molar-refractivity contribution in [3.63, 3.8) is 0 Å². The molecule has 0 unspecified atom stereocenters. The number of aromatic amines is 1. The summed E-state index contributed by atoms with van der Waals surface area (Å²) >= 11 is 5.79. The van der Waals surface area contributed by atoms with Crippen LogP contribution in [-0.4, -0.2) is 16.0 Å². The molecule has 3 rings (SSSR count). The molecule has 4 nitrogen and oxygen atoms in total. The fraction of sp³-hybridized carbons (Fsp3) is 0.0556. The van der Waals surface area contributed by atoms with Crippen LogP contribution in [0.5, 0.6) is 0 Å². The van der Waals surface area contributed by atoms with E-state index >= 15 is 0 Å². The van der Waals surface area contributed by atoms with E-state index < -0.39 is 11.6 Å². The number of aromatic nitrogens is 2. The van der Waals surface area contributed by atoms with Crippen LogP contribution in [0.1, 0.15) is 21.6 Å². The molecule has 0 saturated carbocycles. The maximum Gasteiger partial charge on any atom is 0.203 e. The van der Waals surface area contributed by atoms with Crippen LogP contribution in [0.4, 0.5) is 4.39 Å². The largest absolute Gasteiger partial charge is 0.288 e. The molecular weight excluding hydrogens is 329 g/mol. The lowest BCUT2D eigenvalue weighted by molar-refractivity contribution is 0.104. The molecule has 1 aromatic heterocycles. The molecule has 0 bridgehead atoms. The Balaban J connectivity index is 2.06.